The molecule has 1 aromatic rings. The highest BCUT2D eigenvalue weighted by Gasteiger charge is 2.46. The van der Waals surface area contributed by atoms with Crippen LogP contribution in [0.3, 0.4) is 0 Å². The first-order valence-corrected chi connectivity index (χ1v) is 23.3. The number of carbonyl (C=O) groups is 3. The molecule has 1 aliphatic heterocycles. The molecular weight excluding hydrogens is 753 g/mol. The summed E-state index contributed by atoms with van der Waals surface area (Å²) in [4.78, 5) is 72.6. The van der Waals surface area contributed by atoms with E-state index in [4.69, 9.17) is 20.7 Å². The fraction of sp³-hybridized carbons (Fsp3) is 0.822. The molecule has 2 heterocycles. The lowest BCUT2D eigenvalue weighted by atomic mass is 9.80. The summed E-state index contributed by atoms with van der Waals surface area (Å²) < 4.78 is 6.92. The number of aliphatic hydroxyl groups is 1. The highest BCUT2D eigenvalue weighted by molar-refractivity contribution is 6.16. The largest absolute Gasteiger partial charge is 0.390 e. The van der Waals surface area contributed by atoms with Crippen molar-refractivity contribution < 1.29 is 29.1 Å². The number of Topliss-reactive ketones (excluding diaryl/α,β-unsaturated/α-hetero) is 2. The van der Waals surface area contributed by atoms with Gasteiger partial charge in [-0.05, 0) is 12.8 Å². The third kappa shape index (κ3) is 21.6. The number of hydrogen-bond donors (Lipinski definition) is 6. The molecule has 0 aromatic carbocycles. The lowest BCUT2D eigenvalue weighted by Crippen LogP contribution is -2.63. The number of aromatic nitrogens is 2. The van der Waals surface area contributed by atoms with Crippen LogP contribution in [0, 0.1) is 5.41 Å². The van der Waals surface area contributed by atoms with Crippen LogP contribution in [-0.2, 0) is 24.0 Å². The van der Waals surface area contributed by atoms with Gasteiger partial charge in [-0.2, -0.15) is 0 Å². The van der Waals surface area contributed by atoms with Gasteiger partial charge in [0.2, 0.25) is 5.91 Å². The van der Waals surface area contributed by atoms with E-state index in [0.29, 0.717) is 12.8 Å². The molecule has 14 nitrogen and oxygen atoms in total. The number of nitrogens with one attached hydrogen (secondary N) is 4. The summed E-state index contributed by atoms with van der Waals surface area (Å²) in [6, 6.07) is 1.17. The number of ketones is 2. The Labute approximate surface area is 353 Å². The monoisotopic (exact) mass is 833 g/mol. The average Bonchev–Trinajstić information content (AvgIpc) is 3.56. The molecule has 0 saturated carbocycles. The normalized spacial score (nSPS) is 16.6. The van der Waals surface area contributed by atoms with Crippen molar-refractivity contribution in [1.29, 1.82) is 5.41 Å². The SMILES string of the molecule is CCCCCCCCCCCCCCCC(=O)C(CC(=O)NOC[C@H]1O[C@@H](n2ccc(=O)[nH]c2=O)C[C@@H]1O)(NC(=N)N)C(=O)CCCCCCCCCCCCCCC. The molecule has 14 heteroatoms. The molecule has 1 fully saturated rings. The highest BCUT2D eigenvalue weighted by atomic mass is 16.7. The molecule has 0 bridgehead atoms. The van der Waals surface area contributed by atoms with Gasteiger partial charge in [0.1, 0.15) is 18.9 Å². The van der Waals surface area contributed by atoms with Crippen LogP contribution in [0.15, 0.2) is 21.9 Å². The number of H-pyrrole nitrogens is 1. The molecule has 59 heavy (non-hydrogen) atoms. The number of hydrogen-bond acceptors (Lipinski definition) is 9. The summed E-state index contributed by atoms with van der Waals surface area (Å²) in [5, 5.41) is 21.2. The minimum atomic E-state index is -2.02. The lowest BCUT2D eigenvalue weighted by Gasteiger charge is -2.32. The maximum atomic E-state index is 14.0. The van der Waals surface area contributed by atoms with E-state index in [9.17, 15) is 29.1 Å². The van der Waals surface area contributed by atoms with Crippen LogP contribution >= 0.6 is 0 Å². The summed E-state index contributed by atoms with van der Waals surface area (Å²) in [7, 11) is 0. The van der Waals surface area contributed by atoms with Crippen molar-refractivity contribution in [3.63, 3.8) is 0 Å². The molecule has 3 atom stereocenters. The Morgan fingerprint density at radius 3 is 1.61 bits per heavy atom. The van der Waals surface area contributed by atoms with Crippen LogP contribution in [0.1, 0.15) is 213 Å². The van der Waals surface area contributed by atoms with Crippen LogP contribution in [0.5, 0.6) is 0 Å². The molecule has 1 aliphatic rings. The van der Waals surface area contributed by atoms with Crippen LogP contribution < -0.4 is 27.8 Å². The molecular formula is C45H80N6O8. The molecule has 0 spiro atoms. The standard InChI is InChI=1S/C45H80N6O8/c1-3-5-7-9-11-13-15-17-19-21-23-25-27-29-38(53)45(49-43(46)47,39(54)30-28-26-24-22-20-18-16-14-12-10-8-6-4-2)34-41(56)50-58-35-37-36(52)33-42(59-37)51-32-31-40(55)48-44(51)57/h31-32,36-37,42,52H,3-30,33-35H2,1-2H3,(H,50,56)(H4,46,47,49)(H,48,55,57)/t36-,37+,42+/m0/s1. The van der Waals surface area contributed by atoms with E-state index in [0.717, 1.165) is 55.9 Å². The number of aliphatic hydroxyl groups excluding tert-OH is 1. The van der Waals surface area contributed by atoms with Crippen molar-refractivity contribution in [3.8, 4) is 0 Å². The third-order valence-electron chi connectivity index (χ3n) is 11.5. The van der Waals surface area contributed by atoms with E-state index in [-0.39, 0.29) is 25.9 Å². The van der Waals surface area contributed by atoms with Gasteiger partial charge in [0.15, 0.2) is 23.1 Å². The van der Waals surface area contributed by atoms with Gasteiger partial charge in [0, 0.05) is 31.5 Å². The molecule has 0 unspecified atom stereocenters. The minimum absolute atomic E-state index is 0.0426. The molecule has 1 saturated heterocycles. The van der Waals surface area contributed by atoms with Crippen molar-refractivity contribution in [3.05, 3.63) is 33.1 Å². The number of amides is 1. The van der Waals surface area contributed by atoms with Gasteiger partial charge >= 0.3 is 5.69 Å². The van der Waals surface area contributed by atoms with Crippen molar-refractivity contribution >= 4 is 23.4 Å². The number of nitrogens with zero attached hydrogens (tertiary/aromatic N) is 1. The second-order valence-corrected chi connectivity index (χ2v) is 16.7. The van der Waals surface area contributed by atoms with Crippen molar-refractivity contribution in [2.75, 3.05) is 6.61 Å². The first-order valence-electron chi connectivity index (χ1n) is 23.3. The molecule has 0 radical (unpaired) electrons. The van der Waals surface area contributed by atoms with Gasteiger partial charge in [0.25, 0.3) is 5.56 Å². The Hall–Kier alpha value is -3.36. The fourth-order valence-corrected chi connectivity index (χ4v) is 7.97. The molecule has 2 rings (SSSR count). The number of guanidine groups is 1. The third-order valence-corrected chi connectivity index (χ3v) is 11.5. The van der Waals surface area contributed by atoms with Crippen molar-refractivity contribution in [1.82, 2.24) is 20.3 Å². The average molecular weight is 833 g/mol. The zero-order valence-corrected chi connectivity index (χ0v) is 36.6. The van der Waals surface area contributed by atoms with Crippen LogP contribution in [-0.4, -0.2) is 62.4 Å². The fourth-order valence-electron chi connectivity index (χ4n) is 7.97. The van der Waals surface area contributed by atoms with Gasteiger partial charge in [-0.25, -0.2) is 10.3 Å². The number of ether oxygens (including phenoxy) is 1. The quantitative estimate of drug-likeness (QED) is 0.0125. The van der Waals surface area contributed by atoms with E-state index in [1.165, 1.54) is 115 Å². The molecule has 7 N–H and O–H groups in total. The van der Waals surface area contributed by atoms with Crippen LogP contribution in [0.25, 0.3) is 0 Å². The number of hydroxylamine groups is 1. The first kappa shape index (κ1) is 51.8. The maximum Gasteiger partial charge on any atom is 0.330 e. The summed E-state index contributed by atoms with van der Waals surface area (Å²) in [6.45, 7) is 4.17. The first-order chi connectivity index (χ1) is 28.5. The van der Waals surface area contributed by atoms with E-state index in [2.05, 4.69) is 29.6 Å². The number of carbonyl (C=O) groups excluding carboxylic acids is 3. The van der Waals surface area contributed by atoms with Crippen LogP contribution in [0.4, 0.5) is 0 Å². The maximum absolute atomic E-state index is 14.0. The van der Waals surface area contributed by atoms with E-state index < -0.39 is 65.1 Å². The van der Waals surface area contributed by atoms with Crippen molar-refractivity contribution in [2.45, 2.75) is 230 Å². The number of unbranched alkanes of at least 4 members (excludes halogenated alkanes) is 24. The molecule has 338 valence electrons. The summed E-state index contributed by atoms with van der Waals surface area (Å²) in [6.07, 6.45) is 27.8. The van der Waals surface area contributed by atoms with Gasteiger partial charge in [-0.1, -0.05) is 168 Å². The number of nitrogens with two attached hydrogens (primary N) is 1. The number of rotatable bonds is 37. The Morgan fingerprint density at radius 1 is 0.780 bits per heavy atom. The van der Waals surface area contributed by atoms with Gasteiger partial charge in [-0.3, -0.25) is 39.0 Å². The van der Waals surface area contributed by atoms with Crippen molar-refractivity contribution in [2.24, 2.45) is 5.73 Å². The van der Waals surface area contributed by atoms with E-state index in [1.807, 2.05) is 0 Å². The topological polar surface area (TPSA) is 219 Å². The second kappa shape index (κ2) is 31.5. The lowest BCUT2D eigenvalue weighted by molar-refractivity contribution is -0.147. The predicted molar refractivity (Wildman–Crippen MR) is 233 cm³/mol. The zero-order valence-electron chi connectivity index (χ0n) is 36.6. The molecule has 1 amide bonds. The Kier molecular flexibility index (Phi) is 27.7. The summed E-state index contributed by atoms with van der Waals surface area (Å²) in [5.41, 5.74) is 4.78. The van der Waals surface area contributed by atoms with E-state index >= 15 is 0 Å². The number of aromatic amines is 1. The van der Waals surface area contributed by atoms with Crippen LogP contribution in [0.2, 0.25) is 0 Å². The van der Waals surface area contributed by atoms with Gasteiger partial charge < -0.3 is 20.9 Å². The molecule has 1 aromatic heterocycles. The summed E-state index contributed by atoms with van der Waals surface area (Å²) in [5.74, 6) is -2.32. The highest BCUT2D eigenvalue weighted by Crippen LogP contribution is 2.28. The second-order valence-electron chi connectivity index (χ2n) is 16.7. The van der Waals surface area contributed by atoms with E-state index in [1.54, 1.807) is 0 Å². The molecule has 0 aliphatic carbocycles. The Bertz CT molecular complexity index is 1410. The predicted octanol–water partition coefficient (Wildman–Crippen LogP) is 7.95. The Balaban J connectivity index is 1.92. The van der Waals surface area contributed by atoms with Gasteiger partial charge in [-0.15, -0.1) is 0 Å². The smallest absolute Gasteiger partial charge is 0.330 e. The minimum Gasteiger partial charge on any atom is -0.390 e. The van der Waals surface area contributed by atoms with Gasteiger partial charge in [0.05, 0.1) is 12.5 Å². The zero-order chi connectivity index (χ0) is 43.1. The summed E-state index contributed by atoms with van der Waals surface area (Å²) >= 11 is 0. The Morgan fingerprint density at radius 2 is 1.20 bits per heavy atom.